The summed E-state index contributed by atoms with van der Waals surface area (Å²) in [5, 5.41) is 7.29. The summed E-state index contributed by atoms with van der Waals surface area (Å²) in [5.74, 6) is 0.123. The topological polar surface area (TPSA) is 29.9 Å². The molecule has 1 aromatic rings. The number of aryl methyl sites for hydroxylation is 1. The highest BCUT2D eigenvalue weighted by molar-refractivity contribution is 9.10. The Balaban J connectivity index is 2.15. The van der Waals surface area contributed by atoms with Crippen LogP contribution in [-0.4, -0.2) is 22.9 Å². The lowest BCUT2D eigenvalue weighted by molar-refractivity contribution is 0.180. The third-order valence-electron chi connectivity index (χ3n) is 3.00. The van der Waals surface area contributed by atoms with Gasteiger partial charge in [-0.1, -0.05) is 0 Å². The van der Waals surface area contributed by atoms with Crippen LogP contribution in [0.25, 0.3) is 0 Å². The van der Waals surface area contributed by atoms with Crippen molar-refractivity contribution in [3.05, 3.63) is 16.4 Å². The van der Waals surface area contributed by atoms with Crippen LogP contribution in [-0.2, 0) is 7.05 Å². The van der Waals surface area contributed by atoms with Gasteiger partial charge in [0.15, 0.2) is 0 Å². The average molecular weight is 276 g/mol. The largest absolute Gasteiger partial charge is 0.317 e. The first-order valence-electron chi connectivity index (χ1n) is 5.22. The average Bonchev–Trinajstić information content (AvgIpc) is 2.59. The molecule has 1 unspecified atom stereocenters. The van der Waals surface area contributed by atoms with Crippen molar-refractivity contribution in [1.29, 1.82) is 0 Å². The molecule has 0 aromatic carbocycles. The van der Waals surface area contributed by atoms with Crippen LogP contribution >= 0.6 is 15.9 Å². The fraction of sp³-hybridized carbons (Fsp3) is 0.700. The van der Waals surface area contributed by atoms with E-state index in [-0.39, 0.29) is 5.92 Å². The maximum atomic E-state index is 14.3. The van der Waals surface area contributed by atoms with Crippen molar-refractivity contribution in [1.82, 2.24) is 15.1 Å². The molecule has 3 nitrogen and oxygen atoms in total. The molecular weight excluding hydrogens is 261 g/mol. The highest BCUT2D eigenvalue weighted by Crippen LogP contribution is 2.35. The first-order chi connectivity index (χ1) is 7.20. The van der Waals surface area contributed by atoms with E-state index in [1.54, 1.807) is 17.9 Å². The van der Waals surface area contributed by atoms with Crippen LogP contribution in [0.5, 0.6) is 0 Å². The molecule has 0 aliphatic carbocycles. The quantitative estimate of drug-likeness (QED) is 0.897. The molecule has 2 rings (SSSR count). The van der Waals surface area contributed by atoms with Crippen molar-refractivity contribution >= 4 is 15.9 Å². The fourth-order valence-corrected chi connectivity index (χ4v) is 2.66. The molecule has 84 valence electrons. The maximum absolute atomic E-state index is 14.3. The van der Waals surface area contributed by atoms with Crippen molar-refractivity contribution in [2.75, 3.05) is 13.1 Å². The standard InChI is InChI=1S/C10H15BrFN3/c1-15-10(8(11)6-14-15)9(12)7-2-4-13-5-3-7/h6-7,9,13H,2-5H2,1H3. The van der Waals surface area contributed by atoms with E-state index >= 15 is 0 Å². The second-order valence-corrected chi connectivity index (χ2v) is 4.84. The Bertz CT molecular complexity index is 314. The Morgan fingerprint density at radius 2 is 2.27 bits per heavy atom. The molecule has 1 saturated heterocycles. The lowest BCUT2D eigenvalue weighted by atomic mass is 9.91. The zero-order valence-corrected chi connectivity index (χ0v) is 10.3. The minimum Gasteiger partial charge on any atom is -0.317 e. The normalized spacial score (nSPS) is 20.5. The van der Waals surface area contributed by atoms with Gasteiger partial charge in [0.05, 0.1) is 16.4 Å². The van der Waals surface area contributed by atoms with E-state index in [1.807, 2.05) is 0 Å². The summed E-state index contributed by atoms with van der Waals surface area (Å²) in [7, 11) is 1.79. The summed E-state index contributed by atoms with van der Waals surface area (Å²) in [4.78, 5) is 0. The smallest absolute Gasteiger partial charge is 0.146 e. The summed E-state index contributed by atoms with van der Waals surface area (Å²) < 4.78 is 16.7. The molecule has 0 radical (unpaired) electrons. The molecule has 0 saturated carbocycles. The SMILES string of the molecule is Cn1ncc(Br)c1C(F)C1CCNCC1. The van der Waals surface area contributed by atoms with Gasteiger partial charge >= 0.3 is 0 Å². The van der Waals surface area contributed by atoms with Crippen LogP contribution in [0.1, 0.15) is 24.7 Å². The van der Waals surface area contributed by atoms with Gasteiger partial charge in [0.1, 0.15) is 6.17 Å². The zero-order chi connectivity index (χ0) is 10.8. The van der Waals surface area contributed by atoms with E-state index in [4.69, 9.17) is 0 Å². The second-order valence-electron chi connectivity index (χ2n) is 3.99. The molecule has 0 bridgehead atoms. The molecular formula is C10H15BrFN3. The second kappa shape index (κ2) is 4.61. The first kappa shape index (κ1) is 11.1. The first-order valence-corrected chi connectivity index (χ1v) is 6.01. The van der Waals surface area contributed by atoms with Crippen LogP contribution in [0.4, 0.5) is 4.39 Å². The number of hydrogen-bond donors (Lipinski definition) is 1. The minimum atomic E-state index is -0.908. The van der Waals surface area contributed by atoms with E-state index in [9.17, 15) is 4.39 Å². The number of alkyl halides is 1. The van der Waals surface area contributed by atoms with Crippen LogP contribution < -0.4 is 5.32 Å². The van der Waals surface area contributed by atoms with Gasteiger partial charge in [-0.05, 0) is 47.8 Å². The number of halogens is 2. The van der Waals surface area contributed by atoms with E-state index < -0.39 is 6.17 Å². The van der Waals surface area contributed by atoms with Gasteiger partial charge in [-0.25, -0.2) is 4.39 Å². The van der Waals surface area contributed by atoms with Gasteiger partial charge in [-0.2, -0.15) is 5.10 Å². The number of nitrogens with zero attached hydrogens (tertiary/aromatic N) is 2. The number of aromatic nitrogens is 2. The molecule has 15 heavy (non-hydrogen) atoms. The third kappa shape index (κ3) is 2.23. The van der Waals surface area contributed by atoms with Gasteiger partial charge in [0.25, 0.3) is 0 Å². The van der Waals surface area contributed by atoms with Gasteiger partial charge in [-0.15, -0.1) is 0 Å². The Hall–Kier alpha value is -0.420. The minimum absolute atomic E-state index is 0.123. The molecule has 1 aliphatic heterocycles. The van der Waals surface area contributed by atoms with Gasteiger partial charge in [-0.3, -0.25) is 4.68 Å². The molecule has 5 heteroatoms. The zero-order valence-electron chi connectivity index (χ0n) is 8.71. The van der Waals surface area contributed by atoms with Crippen LogP contribution in [0, 0.1) is 5.92 Å². The molecule has 1 aromatic heterocycles. The number of nitrogens with one attached hydrogen (secondary N) is 1. The van der Waals surface area contributed by atoms with Crippen LogP contribution in [0.2, 0.25) is 0 Å². The molecule has 0 amide bonds. The number of piperidine rings is 1. The van der Waals surface area contributed by atoms with Crippen LogP contribution in [0.15, 0.2) is 10.7 Å². The summed E-state index contributed by atoms with van der Waals surface area (Å²) in [6.45, 7) is 1.83. The molecule has 2 heterocycles. The molecule has 1 fully saturated rings. The summed E-state index contributed by atoms with van der Waals surface area (Å²) >= 11 is 3.35. The fourth-order valence-electron chi connectivity index (χ4n) is 2.09. The molecule has 0 spiro atoms. The molecule has 1 aliphatic rings. The van der Waals surface area contributed by atoms with Crippen molar-refractivity contribution in [3.8, 4) is 0 Å². The van der Waals surface area contributed by atoms with Crippen molar-refractivity contribution in [2.24, 2.45) is 13.0 Å². The Labute approximate surface area is 97.2 Å². The summed E-state index contributed by atoms with van der Waals surface area (Å²) in [6, 6.07) is 0. The Morgan fingerprint density at radius 1 is 1.60 bits per heavy atom. The van der Waals surface area contributed by atoms with Crippen molar-refractivity contribution < 1.29 is 4.39 Å². The highest BCUT2D eigenvalue weighted by Gasteiger charge is 2.28. The third-order valence-corrected chi connectivity index (χ3v) is 3.61. The predicted octanol–water partition coefficient (Wildman–Crippen LogP) is 2.19. The monoisotopic (exact) mass is 275 g/mol. The van der Waals surface area contributed by atoms with Crippen LogP contribution in [0.3, 0.4) is 0 Å². The molecule has 1 N–H and O–H groups in total. The molecule has 1 atom stereocenters. The van der Waals surface area contributed by atoms with E-state index in [2.05, 4.69) is 26.3 Å². The lowest BCUT2D eigenvalue weighted by Crippen LogP contribution is -2.30. The van der Waals surface area contributed by atoms with Crippen molar-refractivity contribution in [3.63, 3.8) is 0 Å². The lowest BCUT2D eigenvalue weighted by Gasteiger charge is -2.26. The number of rotatable bonds is 2. The Morgan fingerprint density at radius 3 is 2.80 bits per heavy atom. The Kier molecular flexibility index (Phi) is 3.41. The van der Waals surface area contributed by atoms with E-state index in [0.29, 0.717) is 5.69 Å². The van der Waals surface area contributed by atoms with E-state index in [0.717, 1.165) is 30.4 Å². The highest BCUT2D eigenvalue weighted by atomic mass is 79.9. The number of hydrogen-bond acceptors (Lipinski definition) is 2. The maximum Gasteiger partial charge on any atom is 0.146 e. The van der Waals surface area contributed by atoms with Gasteiger partial charge in [0, 0.05) is 7.05 Å². The van der Waals surface area contributed by atoms with E-state index in [1.165, 1.54) is 0 Å². The van der Waals surface area contributed by atoms with Crippen molar-refractivity contribution in [2.45, 2.75) is 19.0 Å². The van der Waals surface area contributed by atoms with Gasteiger partial charge < -0.3 is 5.32 Å². The summed E-state index contributed by atoms with van der Waals surface area (Å²) in [5.41, 5.74) is 0.668. The predicted molar refractivity (Wildman–Crippen MR) is 60.4 cm³/mol. The van der Waals surface area contributed by atoms with Gasteiger partial charge in [0.2, 0.25) is 0 Å². The summed E-state index contributed by atoms with van der Waals surface area (Å²) in [6.07, 6.45) is 2.55.